The Morgan fingerprint density at radius 3 is 2.63 bits per heavy atom. The maximum atomic E-state index is 13.9. The van der Waals surface area contributed by atoms with E-state index in [1.165, 1.54) is 0 Å². The first-order valence-corrected chi connectivity index (χ1v) is 12.3. The van der Waals surface area contributed by atoms with Crippen molar-refractivity contribution in [3.05, 3.63) is 82.9 Å². The summed E-state index contributed by atoms with van der Waals surface area (Å²) in [6.07, 6.45) is 0. The molecule has 2 heterocycles. The number of nitrogens with one attached hydrogen (secondary N) is 2. The van der Waals surface area contributed by atoms with Gasteiger partial charge in [0.15, 0.2) is 22.3 Å². The molecule has 2 aliphatic rings. The molecule has 8 heteroatoms. The number of para-hydroxylation sites is 2. The number of hydrogen-bond donors (Lipinski definition) is 2. The van der Waals surface area contributed by atoms with Crippen LogP contribution in [0.5, 0.6) is 11.5 Å². The molecule has 0 saturated carbocycles. The number of rotatable bonds is 5. The molecule has 0 radical (unpaired) electrons. The summed E-state index contributed by atoms with van der Waals surface area (Å²) in [5.41, 5.74) is 2.24. The van der Waals surface area contributed by atoms with Gasteiger partial charge in [-0.05, 0) is 75.0 Å². The largest absolute Gasteiger partial charge is 0.490 e. The van der Waals surface area contributed by atoms with Gasteiger partial charge in [-0.1, -0.05) is 41.9 Å². The van der Waals surface area contributed by atoms with Gasteiger partial charge in [0.2, 0.25) is 5.91 Å². The number of ether oxygens (including phenoxy) is 2. The third-order valence-corrected chi connectivity index (χ3v) is 7.09. The smallest absolute Gasteiger partial charge is 0.236 e. The summed E-state index contributed by atoms with van der Waals surface area (Å²) in [5, 5.41) is 7.58. The van der Waals surface area contributed by atoms with Crippen molar-refractivity contribution in [2.24, 2.45) is 5.92 Å². The molecule has 180 valence electrons. The van der Waals surface area contributed by atoms with E-state index < -0.39 is 17.7 Å². The molecule has 2 N–H and O–H groups in total. The highest BCUT2D eigenvalue weighted by Crippen LogP contribution is 2.52. The molecule has 1 amide bonds. The first-order chi connectivity index (χ1) is 16.8. The van der Waals surface area contributed by atoms with Crippen LogP contribution in [0.3, 0.4) is 0 Å². The zero-order chi connectivity index (χ0) is 24.7. The van der Waals surface area contributed by atoms with Crippen LogP contribution in [0, 0.1) is 12.8 Å². The molecule has 1 fully saturated rings. The molecule has 5 rings (SSSR count). The zero-order valence-corrected chi connectivity index (χ0v) is 21.2. The lowest BCUT2D eigenvalue weighted by Crippen LogP contribution is -2.72. The van der Waals surface area contributed by atoms with E-state index in [4.69, 9.17) is 33.3 Å². The third kappa shape index (κ3) is 3.98. The Bertz CT molecular complexity index is 1300. The molecule has 0 unspecified atom stereocenters. The number of benzene rings is 3. The van der Waals surface area contributed by atoms with Gasteiger partial charge in [0.05, 0.1) is 12.6 Å². The van der Waals surface area contributed by atoms with E-state index in [0.717, 1.165) is 16.8 Å². The molecule has 2 bridgehead atoms. The number of aryl methyl sites for hydroxylation is 1. The second-order valence-electron chi connectivity index (χ2n) is 8.79. The van der Waals surface area contributed by atoms with Crippen LogP contribution >= 0.6 is 23.8 Å². The lowest BCUT2D eigenvalue weighted by molar-refractivity contribution is -0.130. The van der Waals surface area contributed by atoms with E-state index in [1.54, 1.807) is 24.3 Å². The lowest BCUT2D eigenvalue weighted by Gasteiger charge is -2.56. The maximum absolute atomic E-state index is 13.9. The van der Waals surface area contributed by atoms with Crippen molar-refractivity contribution in [2.45, 2.75) is 32.5 Å². The van der Waals surface area contributed by atoms with Gasteiger partial charge in [-0.25, -0.2) is 0 Å². The second kappa shape index (κ2) is 9.06. The first-order valence-electron chi connectivity index (χ1n) is 11.5. The number of carbonyl (C=O) groups excluding carboxylic acids is 1. The van der Waals surface area contributed by atoms with Crippen LogP contribution < -0.4 is 25.0 Å². The van der Waals surface area contributed by atoms with Crippen molar-refractivity contribution >= 4 is 46.2 Å². The van der Waals surface area contributed by atoms with Gasteiger partial charge in [0.25, 0.3) is 0 Å². The van der Waals surface area contributed by atoms with Crippen LogP contribution in [0.15, 0.2) is 66.7 Å². The van der Waals surface area contributed by atoms with Crippen molar-refractivity contribution in [2.75, 3.05) is 16.8 Å². The minimum absolute atomic E-state index is 0.194. The molecule has 35 heavy (non-hydrogen) atoms. The van der Waals surface area contributed by atoms with Gasteiger partial charge in [-0.2, -0.15) is 0 Å². The van der Waals surface area contributed by atoms with Gasteiger partial charge < -0.3 is 20.1 Å². The Morgan fingerprint density at radius 2 is 1.91 bits per heavy atom. The van der Waals surface area contributed by atoms with Crippen LogP contribution in [-0.4, -0.2) is 23.4 Å². The van der Waals surface area contributed by atoms with Gasteiger partial charge in [0.1, 0.15) is 5.92 Å². The van der Waals surface area contributed by atoms with Crippen molar-refractivity contribution in [3.8, 4) is 11.5 Å². The number of halogens is 1. The summed E-state index contributed by atoms with van der Waals surface area (Å²) < 4.78 is 12.6. The Kier molecular flexibility index (Phi) is 6.07. The number of carbonyl (C=O) groups is 1. The highest BCUT2D eigenvalue weighted by Gasteiger charge is 2.59. The summed E-state index contributed by atoms with van der Waals surface area (Å²) in [6, 6.07) is 20.3. The average Bonchev–Trinajstić information content (AvgIpc) is 2.82. The van der Waals surface area contributed by atoms with Gasteiger partial charge >= 0.3 is 0 Å². The van der Waals surface area contributed by atoms with Gasteiger partial charge in [-0.3, -0.25) is 9.69 Å². The van der Waals surface area contributed by atoms with Crippen LogP contribution in [0.25, 0.3) is 0 Å². The fraction of sp³-hybridized carbons (Fsp3) is 0.259. The van der Waals surface area contributed by atoms with Gasteiger partial charge in [-0.15, -0.1) is 0 Å². The van der Waals surface area contributed by atoms with Crippen LogP contribution in [0.4, 0.5) is 11.4 Å². The van der Waals surface area contributed by atoms with E-state index >= 15 is 0 Å². The van der Waals surface area contributed by atoms with Crippen molar-refractivity contribution in [3.63, 3.8) is 0 Å². The fourth-order valence-electron chi connectivity index (χ4n) is 4.97. The van der Waals surface area contributed by atoms with Crippen molar-refractivity contribution < 1.29 is 14.3 Å². The second-order valence-corrected chi connectivity index (χ2v) is 9.61. The highest BCUT2D eigenvalue weighted by molar-refractivity contribution is 7.80. The monoisotopic (exact) mass is 507 g/mol. The van der Waals surface area contributed by atoms with Gasteiger partial charge in [0, 0.05) is 22.0 Å². The fourth-order valence-corrected chi connectivity index (χ4v) is 5.50. The molecule has 3 aromatic carbocycles. The molecule has 0 aromatic heterocycles. The van der Waals surface area contributed by atoms with E-state index in [-0.39, 0.29) is 5.91 Å². The maximum Gasteiger partial charge on any atom is 0.236 e. The molecular weight excluding hydrogens is 482 g/mol. The molecule has 2 aliphatic heterocycles. The summed E-state index contributed by atoms with van der Waals surface area (Å²) in [7, 11) is 0. The van der Waals surface area contributed by atoms with E-state index in [2.05, 4.69) is 10.6 Å². The number of fused-ring (bicyclic) bond motifs is 4. The van der Waals surface area contributed by atoms with Crippen LogP contribution in [0.1, 0.15) is 31.0 Å². The quantitative estimate of drug-likeness (QED) is 0.423. The van der Waals surface area contributed by atoms with E-state index in [9.17, 15) is 4.79 Å². The molecule has 0 aliphatic carbocycles. The summed E-state index contributed by atoms with van der Waals surface area (Å²) in [5.74, 6) is 0.415. The Balaban J connectivity index is 1.65. The molecule has 1 saturated heterocycles. The predicted molar refractivity (Wildman–Crippen MR) is 142 cm³/mol. The number of hydrogen-bond acceptors (Lipinski definition) is 4. The minimum atomic E-state index is -1.13. The lowest BCUT2D eigenvalue weighted by atomic mass is 9.78. The molecule has 6 nitrogen and oxygen atoms in total. The number of nitrogens with zero attached hydrogens (tertiary/aromatic N) is 1. The summed E-state index contributed by atoms with van der Waals surface area (Å²) in [4.78, 5) is 15.8. The Hall–Kier alpha value is -3.29. The standard InChI is InChI=1S/C27H26ClN3O3S/c1-4-33-21-11-7-9-19-23-22(25(32)29-18-14-12-17(28)13-15-18)27(3,34-24(19)21)31(26(35)30-23)20-10-6-5-8-16(20)2/h5-15,22-23H,4H2,1-3H3,(H,29,32)(H,30,35)/t22-,23+,27-/m0/s1. The third-order valence-electron chi connectivity index (χ3n) is 6.54. The first kappa shape index (κ1) is 23.5. The van der Waals surface area contributed by atoms with Crippen molar-refractivity contribution in [1.82, 2.24) is 5.32 Å². The molecular formula is C27H26ClN3O3S. The van der Waals surface area contributed by atoms with Crippen LogP contribution in [0.2, 0.25) is 5.02 Å². The normalized spacial score (nSPS) is 22.5. The van der Waals surface area contributed by atoms with Crippen molar-refractivity contribution in [1.29, 1.82) is 0 Å². The minimum Gasteiger partial charge on any atom is -0.490 e. The number of anilines is 2. The highest BCUT2D eigenvalue weighted by atomic mass is 35.5. The molecule has 3 aromatic rings. The Labute approximate surface area is 215 Å². The van der Waals surface area contributed by atoms with E-state index in [1.807, 2.05) is 68.1 Å². The molecule has 3 atom stereocenters. The average molecular weight is 508 g/mol. The predicted octanol–water partition coefficient (Wildman–Crippen LogP) is 5.85. The van der Waals surface area contributed by atoms with E-state index in [0.29, 0.717) is 33.9 Å². The molecule has 0 spiro atoms. The number of amides is 1. The topological polar surface area (TPSA) is 62.8 Å². The zero-order valence-electron chi connectivity index (χ0n) is 19.7. The van der Waals surface area contributed by atoms with Crippen LogP contribution in [-0.2, 0) is 4.79 Å². The SMILES string of the molecule is CCOc1cccc2c1O[C@@]1(C)[C@H](C(=O)Nc3ccc(Cl)cc3)[C@@H]2NC(=S)N1c1ccccc1C. The summed E-state index contributed by atoms with van der Waals surface area (Å²) >= 11 is 11.9. The Morgan fingerprint density at radius 1 is 1.17 bits per heavy atom. The number of thiocarbonyl (C=S) groups is 1. The summed E-state index contributed by atoms with van der Waals surface area (Å²) in [6.45, 7) is 6.35.